The predicted octanol–water partition coefficient (Wildman–Crippen LogP) is 2.22. The molecule has 0 unspecified atom stereocenters. The van der Waals surface area contributed by atoms with Crippen LogP contribution in [0, 0.1) is 0 Å². The second kappa shape index (κ2) is 10.1. The van der Waals surface area contributed by atoms with Gasteiger partial charge < -0.3 is 15.5 Å². The Kier molecular flexibility index (Phi) is 7.21. The standard InChI is InChI=1S/C20H27N5OS/c1-2-21-20(23-11-6-17-5-3-4-10-22-17)24-12-7-19(26)25-13-8-18-16(15-25)9-14-27-18/h3-5,9-10,14H,2,6-8,11-13,15H2,1H3,(H2,21,23,24). The molecule has 2 N–H and O–H groups in total. The lowest BCUT2D eigenvalue weighted by Gasteiger charge is -2.26. The van der Waals surface area contributed by atoms with Gasteiger partial charge in [-0.1, -0.05) is 6.07 Å². The lowest BCUT2D eigenvalue weighted by Crippen LogP contribution is -2.39. The molecule has 27 heavy (non-hydrogen) atoms. The van der Waals surface area contributed by atoms with Crippen LogP contribution in [0.15, 0.2) is 40.8 Å². The number of carbonyl (C=O) groups is 1. The molecular formula is C20H27N5OS. The summed E-state index contributed by atoms with van der Waals surface area (Å²) in [5.74, 6) is 0.930. The van der Waals surface area contributed by atoms with Crippen molar-refractivity contribution in [2.45, 2.75) is 32.7 Å². The fraction of sp³-hybridized carbons (Fsp3) is 0.450. The summed E-state index contributed by atoms with van der Waals surface area (Å²) in [6.45, 7) is 5.63. The summed E-state index contributed by atoms with van der Waals surface area (Å²) >= 11 is 1.79. The fourth-order valence-electron chi connectivity index (χ4n) is 3.08. The summed E-state index contributed by atoms with van der Waals surface area (Å²) in [4.78, 5) is 24.7. The lowest BCUT2D eigenvalue weighted by atomic mass is 10.1. The van der Waals surface area contributed by atoms with E-state index in [1.54, 1.807) is 17.5 Å². The second-order valence-corrected chi connectivity index (χ2v) is 7.44. The third kappa shape index (κ3) is 5.79. The van der Waals surface area contributed by atoms with Crippen LogP contribution in [0.3, 0.4) is 0 Å². The van der Waals surface area contributed by atoms with Crippen LogP contribution < -0.4 is 10.6 Å². The number of amides is 1. The molecule has 1 amide bonds. The molecule has 7 heteroatoms. The van der Waals surface area contributed by atoms with Gasteiger partial charge in [-0.05, 0) is 42.5 Å². The number of thiophene rings is 1. The summed E-state index contributed by atoms with van der Waals surface area (Å²) in [7, 11) is 0. The largest absolute Gasteiger partial charge is 0.357 e. The molecule has 0 radical (unpaired) electrons. The lowest BCUT2D eigenvalue weighted by molar-refractivity contribution is -0.131. The first kappa shape index (κ1) is 19.4. The van der Waals surface area contributed by atoms with E-state index in [4.69, 9.17) is 0 Å². The molecule has 0 aromatic carbocycles. The van der Waals surface area contributed by atoms with E-state index in [2.05, 4.69) is 32.1 Å². The number of carbonyl (C=O) groups excluding carboxylic acids is 1. The molecule has 6 nitrogen and oxygen atoms in total. The van der Waals surface area contributed by atoms with E-state index >= 15 is 0 Å². The normalized spacial score (nSPS) is 14.0. The zero-order valence-corrected chi connectivity index (χ0v) is 16.6. The van der Waals surface area contributed by atoms with Crippen molar-refractivity contribution in [3.05, 3.63) is 52.0 Å². The van der Waals surface area contributed by atoms with E-state index < -0.39 is 0 Å². The molecule has 0 fully saturated rings. The first-order chi connectivity index (χ1) is 13.3. The number of aromatic nitrogens is 1. The zero-order chi connectivity index (χ0) is 18.9. The van der Waals surface area contributed by atoms with Gasteiger partial charge in [0.1, 0.15) is 0 Å². The van der Waals surface area contributed by atoms with Crippen LogP contribution >= 0.6 is 11.3 Å². The third-order valence-electron chi connectivity index (χ3n) is 4.50. The number of rotatable bonds is 7. The summed E-state index contributed by atoms with van der Waals surface area (Å²) < 4.78 is 0. The molecule has 1 aliphatic heterocycles. The first-order valence-electron chi connectivity index (χ1n) is 9.51. The van der Waals surface area contributed by atoms with Crippen molar-refractivity contribution in [1.82, 2.24) is 20.5 Å². The quantitative estimate of drug-likeness (QED) is 0.566. The van der Waals surface area contributed by atoms with Gasteiger partial charge in [0.15, 0.2) is 5.96 Å². The summed E-state index contributed by atoms with van der Waals surface area (Å²) in [6, 6.07) is 8.06. The maximum absolute atomic E-state index is 12.5. The molecule has 0 saturated heterocycles. The minimum atomic E-state index is 0.180. The highest BCUT2D eigenvalue weighted by Gasteiger charge is 2.20. The van der Waals surface area contributed by atoms with Crippen LogP contribution in [0.5, 0.6) is 0 Å². The average Bonchev–Trinajstić information content (AvgIpc) is 3.16. The molecule has 2 aromatic heterocycles. The van der Waals surface area contributed by atoms with Crippen molar-refractivity contribution in [3.8, 4) is 0 Å². The van der Waals surface area contributed by atoms with E-state index in [1.165, 1.54) is 10.4 Å². The summed E-state index contributed by atoms with van der Waals surface area (Å²) in [5.41, 5.74) is 2.35. The highest BCUT2D eigenvalue weighted by atomic mass is 32.1. The fourth-order valence-corrected chi connectivity index (χ4v) is 3.97. The first-order valence-corrected chi connectivity index (χ1v) is 10.4. The van der Waals surface area contributed by atoms with Gasteiger partial charge in [0.25, 0.3) is 0 Å². The zero-order valence-electron chi connectivity index (χ0n) is 15.8. The maximum Gasteiger partial charge on any atom is 0.224 e. The molecule has 0 spiro atoms. The van der Waals surface area contributed by atoms with Crippen LogP contribution in [0.4, 0.5) is 0 Å². The van der Waals surface area contributed by atoms with Gasteiger partial charge >= 0.3 is 0 Å². The Morgan fingerprint density at radius 3 is 3.07 bits per heavy atom. The van der Waals surface area contributed by atoms with Gasteiger partial charge in [0.05, 0.1) is 6.54 Å². The SMILES string of the molecule is CCNC(=NCCC(=O)N1CCc2sccc2C1)NCCc1ccccn1. The maximum atomic E-state index is 12.5. The number of fused-ring (bicyclic) bond motifs is 1. The smallest absolute Gasteiger partial charge is 0.224 e. The van der Waals surface area contributed by atoms with Crippen LogP contribution in [-0.4, -0.2) is 47.9 Å². The number of aliphatic imine (C=N–C) groups is 1. The van der Waals surface area contributed by atoms with Crippen molar-refractivity contribution in [3.63, 3.8) is 0 Å². The number of hydrogen-bond acceptors (Lipinski definition) is 4. The predicted molar refractivity (Wildman–Crippen MR) is 110 cm³/mol. The summed E-state index contributed by atoms with van der Waals surface area (Å²) in [6.07, 6.45) is 4.05. The molecule has 2 aromatic rings. The van der Waals surface area contributed by atoms with Gasteiger partial charge in [-0.15, -0.1) is 11.3 Å². The van der Waals surface area contributed by atoms with Crippen molar-refractivity contribution in [1.29, 1.82) is 0 Å². The van der Waals surface area contributed by atoms with Crippen molar-refractivity contribution >= 4 is 23.2 Å². The molecule has 144 valence electrons. The Bertz CT molecular complexity index is 759. The monoisotopic (exact) mass is 385 g/mol. The van der Waals surface area contributed by atoms with Gasteiger partial charge in [-0.25, -0.2) is 0 Å². The number of nitrogens with zero attached hydrogens (tertiary/aromatic N) is 3. The van der Waals surface area contributed by atoms with Crippen molar-refractivity contribution in [2.75, 3.05) is 26.2 Å². The van der Waals surface area contributed by atoms with Crippen LogP contribution in [0.1, 0.15) is 29.5 Å². The number of nitrogens with one attached hydrogen (secondary N) is 2. The van der Waals surface area contributed by atoms with E-state index in [9.17, 15) is 4.79 Å². The van der Waals surface area contributed by atoms with E-state index in [1.807, 2.05) is 30.0 Å². The highest BCUT2D eigenvalue weighted by molar-refractivity contribution is 7.10. The second-order valence-electron chi connectivity index (χ2n) is 6.44. The van der Waals surface area contributed by atoms with E-state index in [0.717, 1.165) is 50.7 Å². The minimum Gasteiger partial charge on any atom is -0.357 e. The molecular weight excluding hydrogens is 358 g/mol. The van der Waals surface area contributed by atoms with E-state index in [-0.39, 0.29) is 5.91 Å². The molecule has 3 heterocycles. The topological polar surface area (TPSA) is 69.6 Å². The van der Waals surface area contributed by atoms with Crippen LogP contribution in [0.2, 0.25) is 0 Å². The molecule has 0 bridgehead atoms. The molecule has 1 aliphatic rings. The van der Waals surface area contributed by atoms with Gasteiger partial charge in [0.2, 0.25) is 5.91 Å². The van der Waals surface area contributed by atoms with Gasteiger partial charge in [0, 0.05) is 55.8 Å². The van der Waals surface area contributed by atoms with Crippen molar-refractivity contribution in [2.24, 2.45) is 4.99 Å². The molecule has 3 rings (SSSR count). The Balaban J connectivity index is 1.43. The van der Waals surface area contributed by atoms with Crippen molar-refractivity contribution < 1.29 is 4.79 Å². The number of guanidine groups is 1. The number of pyridine rings is 1. The Labute approximate surface area is 164 Å². The highest BCUT2D eigenvalue weighted by Crippen LogP contribution is 2.24. The molecule has 0 atom stereocenters. The summed E-state index contributed by atoms with van der Waals surface area (Å²) in [5, 5.41) is 8.65. The Morgan fingerprint density at radius 2 is 2.26 bits per heavy atom. The Morgan fingerprint density at radius 1 is 1.33 bits per heavy atom. The minimum absolute atomic E-state index is 0.180. The average molecular weight is 386 g/mol. The van der Waals surface area contributed by atoms with Gasteiger partial charge in [-0.2, -0.15) is 0 Å². The van der Waals surface area contributed by atoms with Crippen LogP contribution in [-0.2, 0) is 24.2 Å². The van der Waals surface area contributed by atoms with Crippen LogP contribution in [0.25, 0.3) is 0 Å². The molecule has 0 aliphatic carbocycles. The van der Waals surface area contributed by atoms with E-state index in [0.29, 0.717) is 13.0 Å². The van der Waals surface area contributed by atoms with Gasteiger partial charge in [-0.3, -0.25) is 14.8 Å². The Hall–Kier alpha value is -2.41. The number of hydrogen-bond donors (Lipinski definition) is 2. The third-order valence-corrected chi connectivity index (χ3v) is 5.52. The molecule has 0 saturated carbocycles.